The maximum absolute atomic E-state index is 11.8. The maximum atomic E-state index is 11.8. The van der Waals surface area contributed by atoms with E-state index in [9.17, 15) is 18.1 Å². The lowest BCUT2D eigenvalue weighted by Crippen LogP contribution is -2.06. The highest BCUT2D eigenvalue weighted by Gasteiger charge is 2.24. The van der Waals surface area contributed by atoms with Gasteiger partial charge in [-0.05, 0) is 34.2 Å². The summed E-state index contributed by atoms with van der Waals surface area (Å²) < 4.78 is 33.2. The van der Waals surface area contributed by atoms with Crippen LogP contribution in [0.25, 0.3) is 0 Å². The van der Waals surface area contributed by atoms with Gasteiger partial charge in [-0.3, -0.25) is 4.55 Å². The van der Waals surface area contributed by atoms with Crippen LogP contribution in [0.3, 0.4) is 0 Å². The van der Waals surface area contributed by atoms with E-state index in [-0.39, 0.29) is 17.8 Å². The lowest BCUT2D eigenvalue weighted by Gasteiger charge is -2.20. The molecule has 0 aliphatic carbocycles. The van der Waals surface area contributed by atoms with Crippen LogP contribution in [0.5, 0.6) is 5.75 Å². The summed E-state index contributed by atoms with van der Waals surface area (Å²) in [5.41, 5.74) is 4.60. The molecule has 2 unspecified atom stereocenters. The number of hydrogen-bond acceptors (Lipinski definition) is 3. The number of hydrogen-bond donors (Lipinski definition) is 2. The molecule has 3 aromatic rings. The normalized spacial score (nSPS) is 13.9. The number of phenolic OH excluding ortho intramolecular Hbond substituents is 1. The average Bonchev–Trinajstić information content (AvgIpc) is 2.72. The monoisotopic (exact) mass is 424 g/mol. The molecule has 4 nitrogen and oxygen atoms in total. The molecule has 0 saturated carbocycles. The summed E-state index contributed by atoms with van der Waals surface area (Å²) >= 11 is 0. The van der Waals surface area contributed by atoms with Crippen molar-refractivity contribution in [2.24, 2.45) is 0 Å². The summed E-state index contributed by atoms with van der Waals surface area (Å²) in [6.45, 7) is 7.95. The molecule has 3 aromatic carbocycles. The van der Waals surface area contributed by atoms with Gasteiger partial charge in [-0.2, -0.15) is 8.42 Å². The number of benzene rings is 3. The quantitative estimate of drug-likeness (QED) is 0.471. The van der Waals surface area contributed by atoms with Crippen molar-refractivity contribution in [3.8, 4) is 5.75 Å². The highest BCUT2D eigenvalue weighted by molar-refractivity contribution is 7.86. The first-order valence-corrected chi connectivity index (χ1v) is 11.5. The highest BCUT2D eigenvalue weighted by atomic mass is 32.2. The SMILES string of the molecule is CC(C)c1cc(C(C)c2ccc(C(C)c3ccccc3)cc2)c(O)c(S(=O)(=O)O)c1. The second-order valence-electron chi connectivity index (χ2n) is 8.11. The Morgan fingerprint density at radius 1 is 0.700 bits per heavy atom. The third-order valence-corrected chi connectivity index (χ3v) is 6.64. The van der Waals surface area contributed by atoms with Gasteiger partial charge in [-0.15, -0.1) is 0 Å². The van der Waals surface area contributed by atoms with E-state index in [1.807, 2.05) is 57.2 Å². The fraction of sp³-hybridized carbons (Fsp3) is 0.280. The molecule has 0 fully saturated rings. The van der Waals surface area contributed by atoms with Gasteiger partial charge >= 0.3 is 0 Å². The second kappa shape index (κ2) is 8.62. The number of rotatable bonds is 6. The maximum Gasteiger partial charge on any atom is 0.298 e. The van der Waals surface area contributed by atoms with Crippen molar-refractivity contribution in [1.82, 2.24) is 0 Å². The van der Waals surface area contributed by atoms with Gasteiger partial charge in [0.1, 0.15) is 10.6 Å². The largest absolute Gasteiger partial charge is 0.506 e. The topological polar surface area (TPSA) is 74.6 Å². The molecule has 0 amide bonds. The van der Waals surface area contributed by atoms with Crippen LogP contribution in [0.2, 0.25) is 0 Å². The van der Waals surface area contributed by atoms with Gasteiger partial charge in [0, 0.05) is 17.4 Å². The van der Waals surface area contributed by atoms with Crippen LogP contribution in [0.1, 0.15) is 73.3 Å². The molecule has 0 aromatic heterocycles. The van der Waals surface area contributed by atoms with Gasteiger partial charge in [0.15, 0.2) is 0 Å². The Hall–Kier alpha value is -2.63. The number of aromatic hydroxyl groups is 1. The third-order valence-electron chi connectivity index (χ3n) is 5.77. The van der Waals surface area contributed by atoms with Gasteiger partial charge in [-0.1, -0.05) is 88.4 Å². The molecule has 30 heavy (non-hydrogen) atoms. The molecule has 0 bridgehead atoms. The minimum Gasteiger partial charge on any atom is -0.506 e. The van der Waals surface area contributed by atoms with Crippen molar-refractivity contribution >= 4 is 10.1 Å². The van der Waals surface area contributed by atoms with Crippen LogP contribution in [0.4, 0.5) is 0 Å². The van der Waals surface area contributed by atoms with E-state index in [0.717, 1.165) is 11.1 Å². The molecule has 0 aliphatic heterocycles. The molecule has 0 spiro atoms. The smallest absolute Gasteiger partial charge is 0.298 e. The Balaban J connectivity index is 1.99. The summed E-state index contributed by atoms with van der Waals surface area (Å²) in [6.07, 6.45) is 0. The molecule has 3 rings (SSSR count). The van der Waals surface area contributed by atoms with Crippen molar-refractivity contribution in [2.45, 2.75) is 50.3 Å². The molecule has 2 N–H and O–H groups in total. The van der Waals surface area contributed by atoms with E-state index >= 15 is 0 Å². The van der Waals surface area contributed by atoms with Crippen molar-refractivity contribution in [3.63, 3.8) is 0 Å². The molecule has 0 saturated heterocycles. The standard InChI is InChI=1S/C25H28O4S/c1-16(2)22-14-23(25(26)24(15-22)30(27,28)29)18(4)21-12-10-20(11-13-21)17(3)19-8-6-5-7-9-19/h5-18,26H,1-4H3,(H,27,28,29). The van der Waals surface area contributed by atoms with E-state index in [4.69, 9.17) is 0 Å². The first-order chi connectivity index (χ1) is 14.1. The van der Waals surface area contributed by atoms with E-state index < -0.39 is 20.8 Å². The Morgan fingerprint density at radius 2 is 1.20 bits per heavy atom. The lowest BCUT2D eigenvalue weighted by molar-refractivity contribution is 0.435. The molecule has 0 heterocycles. The van der Waals surface area contributed by atoms with Crippen LogP contribution in [-0.4, -0.2) is 18.1 Å². The van der Waals surface area contributed by atoms with E-state index in [0.29, 0.717) is 5.56 Å². The zero-order valence-corrected chi connectivity index (χ0v) is 18.5. The third kappa shape index (κ3) is 4.58. The van der Waals surface area contributed by atoms with Crippen molar-refractivity contribution in [1.29, 1.82) is 0 Å². The summed E-state index contributed by atoms with van der Waals surface area (Å²) in [5.74, 6) is -0.341. The van der Waals surface area contributed by atoms with E-state index in [2.05, 4.69) is 31.2 Å². The zero-order valence-electron chi connectivity index (χ0n) is 17.7. The molecule has 0 radical (unpaired) electrons. The van der Waals surface area contributed by atoms with Crippen LogP contribution in [-0.2, 0) is 10.1 Å². The molecule has 5 heteroatoms. The predicted molar refractivity (Wildman–Crippen MR) is 120 cm³/mol. The van der Waals surface area contributed by atoms with Crippen molar-refractivity contribution in [2.75, 3.05) is 0 Å². The first-order valence-electron chi connectivity index (χ1n) is 10.1. The Bertz CT molecular complexity index is 1120. The number of phenols is 1. The van der Waals surface area contributed by atoms with E-state index in [1.165, 1.54) is 17.2 Å². The van der Waals surface area contributed by atoms with Gasteiger partial charge in [0.25, 0.3) is 10.1 Å². The van der Waals surface area contributed by atoms with Gasteiger partial charge < -0.3 is 5.11 Å². The Morgan fingerprint density at radius 3 is 1.70 bits per heavy atom. The summed E-state index contributed by atoms with van der Waals surface area (Å²) in [7, 11) is -4.53. The molecular formula is C25H28O4S. The Labute approximate surface area is 179 Å². The van der Waals surface area contributed by atoms with E-state index in [1.54, 1.807) is 0 Å². The van der Waals surface area contributed by atoms with Gasteiger partial charge in [0.2, 0.25) is 0 Å². The Kier molecular flexibility index (Phi) is 6.34. The fourth-order valence-electron chi connectivity index (χ4n) is 3.70. The molecule has 158 valence electrons. The average molecular weight is 425 g/mol. The van der Waals surface area contributed by atoms with Crippen LogP contribution >= 0.6 is 0 Å². The molecule has 2 atom stereocenters. The van der Waals surface area contributed by atoms with Gasteiger partial charge in [-0.25, -0.2) is 0 Å². The fourth-order valence-corrected chi connectivity index (χ4v) is 4.35. The second-order valence-corrected chi connectivity index (χ2v) is 9.50. The molecular weight excluding hydrogens is 396 g/mol. The molecule has 0 aliphatic rings. The van der Waals surface area contributed by atoms with Crippen LogP contribution in [0, 0.1) is 0 Å². The minimum atomic E-state index is -4.53. The predicted octanol–water partition coefficient (Wildman–Crippen LogP) is 6.07. The highest BCUT2D eigenvalue weighted by Crippen LogP contribution is 2.38. The van der Waals surface area contributed by atoms with Crippen LogP contribution < -0.4 is 0 Å². The summed E-state index contributed by atoms with van der Waals surface area (Å²) in [4.78, 5) is -0.440. The summed E-state index contributed by atoms with van der Waals surface area (Å²) in [5, 5.41) is 10.6. The first kappa shape index (κ1) is 22.1. The van der Waals surface area contributed by atoms with Gasteiger partial charge in [0.05, 0.1) is 0 Å². The van der Waals surface area contributed by atoms with Crippen LogP contribution in [0.15, 0.2) is 71.6 Å². The minimum absolute atomic E-state index is 0.0474. The summed E-state index contributed by atoms with van der Waals surface area (Å²) in [6, 6.07) is 21.6. The van der Waals surface area contributed by atoms with Crippen molar-refractivity contribution < 1.29 is 18.1 Å². The lowest BCUT2D eigenvalue weighted by atomic mass is 9.87. The zero-order chi connectivity index (χ0) is 22.1. The van der Waals surface area contributed by atoms with Crippen molar-refractivity contribution in [3.05, 3.63) is 94.5 Å².